The minimum absolute atomic E-state index is 0.00124. The van der Waals surface area contributed by atoms with Gasteiger partial charge in [-0.1, -0.05) is 57.9 Å². The van der Waals surface area contributed by atoms with Crippen LogP contribution in [0.2, 0.25) is 0 Å². The predicted molar refractivity (Wildman–Crippen MR) is 117 cm³/mol. The van der Waals surface area contributed by atoms with E-state index < -0.39 is 0 Å². The van der Waals surface area contributed by atoms with Gasteiger partial charge in [0.2, 0.25) is 0 Å². The summed E-state index contributed by atoms with van der Waals surface area (Å²) in [7, 11) is 0. The highest BCUT2D eigenvalue weighted by atomic mass is 16.1. The number of para-hydroxylation sites is 1. The molecule has 0 aliphatic carbocycles. The van der Waals surface area contributed by atoms with Gasteiger partial charge >= 0.3 is 0 Å². The van der Waals surface area contributed by atoms with Crippen molar-refractivity contribution in [3.8, 4) is 5.69 Å². The van der Waals surface area contributed by atoms with E-state index in [-0.39, 0.29) is 11.6 Å². The van der Waals surface area contributed by atoms with Crippen molar-refractivity contribution in [3.05, 3.63) is 70.3 Å². The molecule has 3 aromatic rings. The summed E-state index contributed by atoms with van der Waals surface area (Å²) in [6.07, 6.45) is 5.40. The van der Waals surface area contributed by atoms with Crippen molar-refractivity contribution in [1.82, 2.24) is 14.9 Å². The van der Waals surface area contributed by atoms with Gasteiger partial charge in [-0.05, 0) is 55.6 Å². The number of fused-ring (bicyclic) bond motifs is 1. The van der Waals surface area contributed by atoms with Crippen molar-refractivity contribution < 1.29 is 0 Å². The number of hydrogen-bond acceptors (Lipinski definition) is 3. The van der Waals surface area contributed by atoms with Crippen LogP contribution in [-0.2, 0) is 6.42 Å². The second-order valence-electron chi connectivity index (χ2n) is 7.27. The van der Waals surface area contributed by atoms with Gasteiger partial charge in [-0.25, -0.2) is 4.98 Å². The van der Waals surface area contributed by atoms with Crippen LogP contribution in [0, 0.1) is 0 Å². The summed E-state index contributed by atoms with van der Waals surface area (Å²) in [6.45, 7) is 7.42. The number of aryl methyl sites for hydroxylation is 1. The highest BCUT2D eigenvalue weighted by molar-refractivity contribution is 5.77. The van der Waals surface area contributed by atoms with Gasteiger partial charge in [0.25, 0.3) is 5.56 Å². The monoisotopic (exact) mass is 377 g/mol. The van der Waals surface area contributed by atoms with Crippen LogP contribution >= 0.6 is 0 Å². The molecular weight excluding hydrogens is 346 g/mol. The lowest BCUT2D eigenvalue weighted by Crippen LogP contribution is -2.31. The molecule has 1 N–H and O–H groups in total. The third-order valence-electron chi connectivity index (χ3n) is 5.30. The summed E-state index contributed by atoms with van der Waals surface area (Å²) in [5.74, 6) is 0.798. The Balaban J connectivity index is 2.11. The van der Waals surface area contributed by atoms with Crippen molar-refractivity contribution in [2.24, 2.45) is 0 Å². The first-order valence-electron chi connectivity index (χ1n) is 10.5. The fourth-order valence-electron chi connectivity index (χ4n) is 3.58. The molecule has 0 saturated carbocycles. The minimum atomic E-state index is -0.00124. The van der Waals surface area contributed by atoms with Gasteiger partial charge in [0.05, 0.1) is 22.6 Å². The Kier molecular flexibility index (Phi) is 6.99. The maximum Gasteiger partial charge on any atom is 0.266 e. The number of nitrogens with one attached hydrogen (secondary N) is 1. The number of benzene rings is 2. The molecule has 0 unspecified atom stereocenters. The number of nitrogens with zero attached hydrogens (tertiary/aromatic N) is 2. The van der Waals surface area contributed by atoms with Crippen LogP contribution in [0.1, 0.15) is 63.9 Å². The molecule has 0 radical (unpaired) electrons. The molecule has 2 aromatic carbocycles. The van der Waals surface area contributed by atoms with Crippen LogP contribution in [0.5, 0.6) is 0 Å². The van der Waals surface area contributed by atoms with Gasteiger partial charge in [0.1, 0.15) is 5.82 Å². The second-order valence-corrected chi connectivity index (χ2v) is 7.27. The fraction of sp³-hybridized carbons (Fsp3) is 0.417. The minimum Gasteiger partial charge on any atom is -0.307 e. The first-order chi connectivity index (χ1) is 13.7. The molecule has 0 aliphatic rings. The van der Waals surface area contributed by atoms with Crippen LogP contribution in [0.3, 0.4) is 0 Å². The second kappa shape index (κ2) is 9.65. The molecule has 28 heavy (non-hydrogen) atoms. The number of unbranched alkanes of at least 4 members (excludes halogenated alkanes) is 2. The Morgan fingerprint density at radius 1 is 1.00 bits per heavy atom. The Labute approximate surface area is 167 Å². The highest BCUT2D eigenvalue weighted by Crippen LogP contribution is 2.21. The van der Waals surface area contributed by atoms with E-state index in [9.17, 15) is 4.79 Å². The van der Waals surface area contributed by atoms with Gasteiger partial charge in [0, 0.05) is 0 Å². The molecule has 0 fully saturated rings. The van der Waals surface area contributed by atoms with E-state index in [1.807, 2.05) is 36.4 Å². The largest absolute Gasteiger partial charge is 0.307 e. The summed E-state index contributed by atoms with van der Waals surface area (Å²) in [5.41, 5.74) is 2.90. The molecule has 0 spiro atoms. The number of hydrogen-bond donors (Lipinski definition) is 1. The number of rotatable bonds is 9. The summed E-state index contributed by atoms with van der Waals surface area (Å²) in [4.78, 5) is 18.3. The molecule has 0 saturated heterocycles. The maximum atomic E-state index is 13.4. The fourth-order valence-corrected chi connectivity index (χ4v) is 3.58. The van der Waals surface area contributed by atoms with Gasteiger partial charge < -0.3 is 5.32 Å². The average Bonchev–Trinajstić information content (AvgIpc) is 2.74. The third-order valence-corrected chi connectivity index (χ3v) is 5.30. The molecule has 1 aromatic heterocycles. The first-order valence-corrected chi connectivity index (χ1v) is 10.5. The van der Waals surface area contributed by atoms with E-state index >= 15 is 0 Å². The van der Waals surface area contributed by atoms with E-state index in [2.05, 4.69) is 38.2 Å². The predicted octanol–water partition coefficient (Wildman–Crippen LogP) is 5.18. The van der Waals surface area contributed by atoms with Crippen molar-refractivity contribution in [2.45, 2.75) is 58.9 Å². The van der Waals surface area contributed by atoms with Crippen LogP contribution in [-0.4, -0.2) is 16.1 Å². The Hall–Kier alpha value is -2.46. The Morgan fingerprint density at radius 3 is 2.43 bits per heavy atom. The van der Waals surface area contributed by atoms with Crippen molar-refractivity contribution in [3.63, 3.8) is 0 Å². The van der Waals surface area contributed by atoms with Crippen molar-refractivity contribution >= 4 is 10.9 Å². The van der Waals surface area contributed by atoms with Gasteiger partial charge in [-0.15, -0.1) is 0 Å². The topological polar surface area (TPSA) is 46.9 Å². The molecule has 4 nitrogen and oxygen atoms in total. The summed E-state index contributed by atoms with van der Waals surface area (Å²) < 4.78 is 1.79. The zero-order valence-electron chi connectivity index (χ0n) is 17.2. The summed E-state index contributed by atoms with van der Waals surface area (Å²) >= 11 is 0. The van der Waals surface area contributed by atoms with E-state index in [4.69, 9.17) is 4.98 Å². The molecular formula is C24H31N3O. The third kappa shape index (κ3) is 4.33. The van der Waals surface area contributed by atoms with Gasteiger partial charge in [-0.3, -0.25) is 9.36 Å². The molecule has 0 aliphatic heterocycles. The van der Waals surface area contributed by atoms with E-state index in [1.54, 1.807) is 4.57 Å². The molecule has 0 amide bonds. The molecule has 1 atom stereocenters. The van der Waals surface area contributed by atoms with Crippen LogP contribution in [0.4, 0.5) is 0 Å². The number of aromatic nitrogens is 2. The van der Waals surface area contributed by atoms with Crippen molar-refractivity contribution in [2.75, 3.05) is 6.54 Å². The van der Waals surface area contributed by atoms with Gasteiger partial charge in [0.15, 0.2) is 0 Å². The van der Waals surface area contributed by atoms with Crippen LogP contribution in [0.25, 0.3) is 16.6 Å². The molecule has 3 rings (SSSR count). The van der Waals surface area contributed by atoms with Gasteiger partial charge in [-0.2, -0.15) is 0 Å². The van der Waals surface area contributed by atoms with Crippen LogP contribution in [0.15, 0.2) is 53.3 Å². The maximum absolute atomic E-state index is 13.4. The zero-order chi connectivity index (χ0) is 19.9. The summed E-state index contributed by atoms with van der Waals surface area (Å²) in [5, 5.41) is 4.28. The quantitative estimate of drug-likeness (QED) is 0.523. The Bertz CT molecular complexity index is 960. The SMILES string of the molecule is CCCCCN[C@@H](CC)c1nc2ccccc2c(=O)n1-c1ccc(CC)cc1. The molecule has 148 valence electrons. The molecule has 1 heterocycles. The van der Waals surface area contributed by atoms with Crippen LogP contribution < -0.4 is 10.9 Å². The standard InChI is InChI=1S/C24H31N3O/c1-4-7-10-17-25-21(6-3)23-26-22-12-9-8-11-20(22)24(28)27(23)19-15-13-18(5-2)14-16-19/h8-9,11-16,21,25H,4-7,10,17H2,1-3H3/t21-/m0/s1. The lowest BCUT2D eigenvalue weighted by Gasteiger charge is -2.22. The van der Waals surface area contributed by atoms with E-state index in [0.717, 1.165) is 42.8 Å². The Morgan fingerprint density at radius 2 is 1.75 bits per heavy atom. The highest BCUT2D eigenvalue weighted by Gasteiger charge is 2.19. The van der Waals surface area contributed by atoms with Crippen molar-refractivity contribution in [1.29, 1.82) is 0 Å². The average molecular weight is 378 g/mol. The van der Waals surface area contributed by atoms with E-state index in [0.29, 0.717) is 5.39 Å². The lowest BCUT2D eigenvalue weighted by molar-refractivity contribution is 0.472. The normalized spacial score (nSPS) is 12.4. The molecule has 4 heteroatoms. The lowest BCUT2D eigenvalue weighted by atomic mass is 10.1. The van der Waals surface area contributed by atoms with E-state index in [1.165, 1.54) is 18.4 Å². The first kappa shape index (κ1) is 20.3. The molecule has 0 bridgehead atoms. The smallest absolute Gasteiger partial charge is 0.266 e. The summed E-state index contributed by atoms with van der Waals surface area (Å²) in [6, 6.07) is 15.9. The zero-order valence-corrected chi connectivity index (χ0v) is 17.2.